The van der Waals surface area contributed by atoms with Gasteiger partial charge in [-0.2, -0.15) is 0 Å². The summed E-state index contributed by atoms with van der Waals surface area (Å²) in [6.45, 7) is 0.287. The van der Waals surface area contributed by atoms with Gasteiger partial charge in [-0.1, -0.05) is 25.0 Å². The largest absolute Gasteiger partial charge is 0.478 e. The zero-order chi connectivity index (χ0) is 15.2. The van der Waals surface area contributed by atoms with Gasteiger partial charge < -0.3 is 21.5 Å². The van der Waals surface area contributed by atoms with Crippen molar-refractivity contribution in [3.8, 4) is 0 Å². The van der Waals surface area contributed by atoms with Gasteiger partial charge in [0.25, 0.3) is 0 Å². The van der Waals surface area contributed by atoms with Gasteiger partial charge in [0.2, 0.25) is 0 Å². The number of carbonyl (C=O) groups excluding carboxylic acids is 1. The lowest BCUT2D eigenvalue weighted by Crippen LogP contribution is -2.52. The molecule has 0 aromatic heterocycles. The average molecular weight is 291 g/mol. The van der Waals surface area contributed by atoms with Gasteiger partial charge in [0.1, 0.15) is 0 Å². The second-order valence-corrected chi connectivity index (χ2v) is 5.39. The number of hydrogen-bond donors (Lipinski definition) is 4. The lowest BCUT2D eigenvalue weighted by atomic mass is 9.91. The molecule has 21 heavy (non-hydrogen) atoms. The third-order valence-corrected chi connectivity index (χ3v) is 3.76. The Kier molecular flexibility index (Phi) is 5.16. The van der Waals surface area contributed by atoms with Crippen molar-refractivity contribution in [3.63, 3.8) is 0 Å². The van der Waals surface area contributed by atoms with E-state index in [1.165, 1.54) is 6.07 Å². The van der Waals surface area contributed by atoms with E-state index in [4.69, 9.17) is 10.8 Å². The molecule has 1 aromatic rings. The fraction of sp³-hybridized carbons (Fsp3) is 0.467. The first-order chi connectivity index (χ1) is 10.1. The molecule has 0 saturated heterocycles. The van der Waals surface area contributed by atoms with Crippen LogP contribution in [0.25, 0.3) is 0 Å². The summed E-state index contributed by atoms with van der Waals surface area (Å²) in [5.41, 5.74) is 6.94. The molecule has 0 bridgehead atoms. The van der Waals surface area contributed by atoms with Crippen LogP contribution in [0.5, 0.6) is 0 Å². The van der Waals surface area contributed by atoms with E-state index in [9.17, 15) is 9.59 Å². The summed E-state index contributed by atoms with van der Waals surface area (Å²) >= 11 is 0. The van der Waals surface area contributed by atoms with Gasteiger partial charge in [-0.25, -0.2) is 9.59 Å². The van der Waals surface area contributed by atoms with Gasteiger partial charge in [0, 0.05) is 18.6 Å². The summed E-state index contributed by atoms with van der Waals surface area (Å²) < 4.78 is 0. The predicted octanol–water partition coefficient (Wildman–Crippen LogP) is 1.45. The maximum atomic E-state index is 11.9. The number of rotatable bonds is 4. The first-order valence-corrected chi connectivity index (χ1v) is 7.18. The molecule has 2 atom stereocenters. The maximum Gasteiger partial charge on any atom is 0.335 e. The molecule has 0 aliphatic heterocycles. The lowest BCUT2D eigenvalue weighted by molar-refractivity contribution is 0.0696. The molecule has 114 valence electrons. The Morgan fingerprint density at radius 1 is 1.29 bits per heavy atom. The highest BCUT2D eigenvalue weighted by molar-refractivity contribution is 5.87. The van der Waals surface area contributed by atoms with Crippen molar-refractivity contribution in [2.75, 3.05) is 0 Å². The van der Waals surface area contributed by atoms with Crippen LogP contribution in [0.3, 0.4) is 0 Å². The van der Waals surface area contributed by atoms with E-state index in [0.717, 1.165) is 31.2 Å². The number of hydrogen-bond acceptors (Lipinski definition) is 3. The number of carboxylic acids is 1. The predicted molar refractivity (Wildman–Crippen MR) is 79.0 cm³/mol. The van der Waals surface area contributed by atoms with Crippen molar-refractivity contribution < 1.29 is 14.7 Å². The minimum atomic E-state index is -0.977. The average Bonchev–Trinajstić information content (AvgIpc) is 2.48. The number of urea groups is 1. The molecular formula is C15H21N3O3. The Balaban J connectivity index is 1.83. The molecule has 0 spiro atoms. The van der Waals surface area contributed by atoms with E-state index < -0.39 is 5.97 Å². The van der Waals surface area contributed by atoms with Gasteiger partial charge in [-0.3, -0.25) is 0 Å². The van der Waals surface area contributed by atoms with Crippen molar-refractivity contribution in [2.45, 2.75) is 44.3 Å². The summed E-state index contributed by atoms with van der Waals surface area (Å²) in [5.74, 6) is -0.977. The fourth-order valence-corrected chi connectivity index (χ4v) is 2.55. The number of carboxylic acid groups (broad SMARTS) is 1. The van der Waals surface area contributed by atoms with Crippen LogP contribution >= 0.6 is 0 Å². The number of benzene rings is 1. The van der Waals surface area contributed by atoms with Crippen molar-refractivity contribution in [1.82, 2.24) is 10.6 Å². The summed E-state index contributed by atoms with van der Waals surface area (Å²) in [5, 5.41) is 14.5. The molecule has 6 nitrogen and oxygen atoms in total. The third-order valence-electron chi connectivity index (χ3n) is 3.76. The minimum Gasteiger partial charge on any atom is -0.478 e. The topological polar surface area (TPSA) is 104 Å². The van der Waals surface area contributed by atoms with E-state index in [1.54, 1.807) is 18.2 Å². The maximum absolute atomic E-state index is 11.9. The second kappa shape index (κ2) is 7.08. The summed E-state index contributed by atoms with van der Waals surface area (Å²) in [4.78, 5) is 22.7. The number of amides is 2. The molecular weight excluding hydrogens is 270 g/mol. The quantitative estimate of drug-likeness (QED) is 0.674. The van der Waals surface area contributed by atoms with Crippen LogP contribution in [-0.4, -0.2) is 29.2 Å². The van der Waals surface area contributed by atoms with Gasteiger partial charge in [-0.15, -0.1) is 0 Å². The van der Waals surface area contributed by atoms with E-state index in [0.29, 0.717) is 0 Å². The molecule has 2 unspecified atom stereocenters. The van der Waals surface area contributed by atoms with Gasteiger partial charge in [0.15, 0.2) is 0 Å². The lowest BCUT2D eigenvalue weighted by Gasteiger charge is -2.29. The molecule has 1 aromatic carbocycles. The Hall–Kier alpha value is -2.08. The van der Waals surface area contributed by atoms with Crippen LogP contribution < -0.4 is 16.4 Å². The monoisotopic (exact) mass is 291 g/mol. The van der Waals surface area contributed by atoms with E-state index >= 15 is 0 Å². The van der Waals surface area contributed by atoms with E-state index in [1.807, 2.05) is 0 Å². The van der Waals surface area contributed by atoms with Gasteiger partial charge in [-0.05, 0) is 30.5 Å². The number of aromatic carboxylic acids is 1. The molecule has 5 N–H and O–H groups in total. The highest BCUT2D eigenvalue weighted by atomic mass is 16.4. The summed E-state index contributed by atoms with van der Waals surface area (Å²) in [6.07, 6.45) is 4.04. The van der Waals surface area contributed by atoms with Crippen LogP contribution in [0.4, 0.5) is 4.79 Å². The first kappa shape index (κ1) is 15.3. The van der Waals surface area contributed by atoms with Crippen molar-refractivity contribution >= 4 is 12.0 Å². The van der Waals surface area contributed by atoms with Crippen molar-refractivity contribution in [2.24, 2.45) is 5.73 Å². The van der Waals surface area contributed by atoms with E-state index in [2.05, 4.69) is 10.6 Å². The third kappa shape index (κ3) is 4.46. The molecule has 1 aliphatic carbocycles. The normalized spacial score (nSPS) is 21.6. The zero-order valence-corrected chi connectivity index (χ0v) is 11.8. The van der Waals surface area contributed by atoms with Crippen LogP contribution in [0.2, 0.25) is 0 Å². The molecule has 1 aliphatic rings. The number of carbonyl (C=O) groups is 2. The summed E-state index contributed by atoms with van der Waals surface area (Å²) in [6, 6.07) is 6.28. The Morgan fingerprint density at radius 3 is 2.76 bits per heavy atom. The SMILES string of the molecule is NC1CCCCC1NC(=O)NCc1cccc(C(=O)O)c1. The molecule has 0 radical (unpaired) electrons. The number of nitrogens with one attached hydrogen (secondary N) is 2. The number of nitrogens with two attached hydrogens (primary N) is 1. The highest BCUT2D eigenvalue weighted by Crippen LogP contribution is 2.16. The van der Waals surface area contributed by atoms with Crippen molar-refractivity contribution in [3.05, 3.63) is 35.4 Å². The molecule has 1 saturated carbocycles. The summed E-state index contributed by atoms with van der Waals surface area (Å²) in [7, 11) is 0. The van der Waals surface area contributed by atoms with Crippen LogP contribution in [0, 0.1) is 0 Å². The molecule has 2 rings (SSSR count). The van der Waals surface area contributed by atoms with Crippen LogP contribution in [0.15, 0.2) is 24.3 Å². The Bertz CT molecular complexity index is 519. The Morgan fingerprint density at radius 2 is 2.05 bits per heavy atom. The zero-order valence-electron chi connectivity index (χ0n) is 11.8. The fourth-order valence-electron chi connectivity index (χ4n) is 2.55. The second-order valence-electron chi connectivity index (χ2n) is 5.39. The van der Waals surface area contributed by atoms with Crippen LogP contribution in [-0.2, 0) is 6.54 Å². The van der Waals surface area contributed by atoms with E-state index in [-0.39, 0.29) is 30.2 Å². The van der Waals surface area contributed by atoms with Gasteiger partial charge in [0.05, 0.1) is 5.56 Å². The molecule has 0 heterocycles. The highest BCUT2D eigenvalue weighted by Gasteiger charge is 2.22. The minimum absolute atomic E-state index is 0.0137. The van der Waals surface area contributed by atoms with Crippen LogP contribution in [0.1, 0.15) is 41.6 Å². The van der Waals surface area contributed by atoms with Crippen molar-refractivity contribution in [1.29, 1.82) is 0 Å². The molecule has 2 amide bonds. The standard InChI is InChI=1S/C15H21N3O3/c16-12-6-1-2-7-13(12)18-15(21)17-9-10-4-3-5-11(8-10)14(19)20/h3-5,8,12-13H,1-2,6-7,9,16H2,(H,19,20)(H2,17,18,21). The molecule has 6 heteroatoms. The smallest absolute Gasteiger partial charge is 0.335 e. The molecule has 1 fully saturated rings. The Labute approximate surface area is 123 Å². The first-order valence-electron chi connectivity index (χ1n) is 7.18. The van der Waals surface area contributed by atoms with Gasteiger partial charge >= 0.3 is 12.0 Å².